The van der Waals surface area contributed by atoms with Gasteiger partial charge < -0.3 is 14.3 Å². The van der Waals surface area contributed by atoms with E-state index in [1.807, 2.05) is 12.1 Å². The lowest BCUT2D eigenvalue weighted by atomic mass is 10.0. The van der Waals surface area contributed by atoms with Crippen molar-refractivity contribution in [2.45, 2.75) is 57.8 Å². The normalized spacial score (nSPS) is 21.8. The molecule has 4 rings (SSSR count). The van der Waals surface area contributed by atoms with Gasteiger partial charge in [-0.1, -0.05) is 12.8 Å². The molecule has 2 aliphatic rings. The van der Waals surface area contributed by atoms with Gasteiger partial charge >= 0.3 is 0 Å². The average molecular weight is 341 g/mol. The van der Waals surface area contributed by atoms with Gasteiger partial charge in [-0.15, -0.1) is 0 Å². The summed E-state index contributed by atoms with van der Waals surface area (Å²) in [4.78, 5) is 15.0. The third-order valence-electron chi connectivity index (χ3n) is 5.59. The summed E-state index contributed by atoms with van der Waals surface area (Å²) in [5, 5.41) is 2.99. The fraction of sp³-hybridized carbons (Fsp3) is 0.550. The van der Waals surface area contributed by atoms with Crippen LogP contribution >= 0.6 is 0 Å². The van der Waals surface area contributed by atoms with Gasteiger partial charge in [-0.3, -0.25) is 9.69 Å². The van der Waals surface area contributed by atoms with Crippen LogP contribution in [0.25, 0.3) is 0 Å². The number of carbonyl (C=O) groups is 1. The summed E-state index contributed by atoms with van der Waals surface area (Å²) in [5.74, 6) is 1.27. The largest absolute Gasteiger partial charge is 0.467 e. The van der Waals surface area contributed by atoms with Crippen LogP contribution in [0.2, 0.25) is 0 Å². The summed E-state index contributed by atoms with van der Waals surface area (Å²) in [7, 11) is 0. The Bertz CT molecular complexity index is 686. The molecular formula is C20H27N3O2. The molecule has 0 aromatic carbocycles. The summed E-state index contributed by atoms with van der Waals surface area (Å²) in [6.45, 7) is 3.43. The molecule has 1 atom stereocenters. The number of aromatic nitrogens is 1. The van der Waals surface area contributed by atoms with E-state index in [2.05, 4.69) is 33.1 Å². The third-order valence-corrected chi connectivity index (χ3v) is 5.59. The molecule has 1 aliphatic heterocycles. The number of carbonyl (C=O) groups excluding carboxylic acids is 1. The Morgan fingerprint density at radius 1 is 1.20 bits per heavy atom. The van der Waals surface area contributed by atoms with Crippen LogP contribution in [0.3, 0.4) is 0 Å². The highest BCUT2D eigenvalue weighted by Gasteiger charge is 2.29. The van der Waals surface area contributed by atoms with Crippen molar-refractivity contribution in [2.75, 3.05) is 6.54 Å². The van der Waals surface area contributed by atoms with Crippen molar-refractivity contribution in [3.8, 4) is 0 Å². The molecule has 5 heteroatoms. The summed E-state index contributed by atoms with van der Waals surface area (Å²) in [5.41, 5.74) is 1.38. The van der Waals surface area contributed by atoms with Gasteiger partial charge in [0.25, 0.3) is 0 Å². The molecule has 0 radical (unpaired) electrons. The Morgan fingerprint density at radius 2 is 2.08 bits per heavy atom. The van der Waals surface area contributed by atoms with Crippen LogP contribution in [0.5, 0.6) is 0 Å². The first-order valence-corrected chi connectivity index (χ1v) is 9.45. The maximum Gasteiger partial charge on any atom is 0.220 e. The van der Waals surface area contributed by atoms with Crippen LogP contribution in [-0.4, -0.2) is 28.0 Å². The molecule has 1 aliphatic carbocycles. The maximum atomic E-state index is 12.4. The molecule has 2 aromatic rings. The van der Waals surface area contributed by atoms with Gasteiger partial charge in [0.1, 0.15) is 5.76 Å². The standard InChI is InChI=1S/C20H27N3O2/c24-20(21-12-19-8-4-10-25-19)11-16-13-22-9-3-7-18(22)15-23(14-16)17-5-1-2-6-17/h3-4,7-10,16-17H,1-2,5-6,11-15H2,(H,21,24)/t16-/m1/s1. The van der Waals surface area contributed by atoms with Crippen LogP contribution in [0.15, 0.2) is 41.1 Å². The highest BCUT2D eigenvalue weighted by Crippen LogP contribution is 2.28. The number of nitrogens with one attached hydrogen (secondary N) is 1. The molecule has 1 N–H and O–H groups in total. The van der Waals surface area contributed by atoms with E-state index in [1.165, 1.54) is 31.4 Å². The Balaban J connectivity index is 1.39. The Morgan fingerprint density at radius 3 is 2.88 bits per heavy atom. The number of rotatable bonds is 5. The zero-order valence-corrected chi connectivity index (χ0v) is 14.7. The Labute approximate surface area is 149 Å². The number of fused-ring (bicyclic) bond motifs is 1. The van der Waals surface area contributed by atoms with E-state index in [1.54, 1.807) is 6.26 Å². The van der Waals surface area contributed by atoms with Crippen molar-refractivity contribution in [1.29, 1.82) is 0 Å². The lowest BCUT2D eigenvalue weighted by molar-refractivity contribution is -0.122. The zero-order valence-electron chi connectivity index (χ0n) is 14.7. The predicted molar refractivity (Wildman–Crippen MR) is 95.8 cm³/mol. The van der Waals surface area contributed by atoms with E-state index in [-0.39, 0.29) is 5.91 Å². The van der Waals surface area contributed by atoms with Crippen LogP contribution in [0.4, 0.5) is 0 Å². The van der Waals surface area contributed by atoms with Crippen molar-refractivity contribution in [1.82, 2.24) is 14.8 Å². The number of nitrogens with zero attached hydrogens (tertiary/aromatic N) is 2. The molecule has 1 saturated carbocycles. The van der Waals surface area contributed by atoms with Gasteiger partial charge in [-0.2, -0.15) is 0 Å². The van der Waals surface area contributed by atoms with Gasteiger partial charge in [0.05, 0.1) is 12.8 Å². The quantitative estimate of drug-likeness (QED) is 0.909. The topological polar surface area (TPSA) is 50.4 Å². The SMILES string of the molecule is O=C(C[C@H]1CN(C2CCCC2)Cc2cccn2C1)NCc1ccco1. The molecule has 1 amide bonds. The summed E-state index contributed by atoms with van der Waals surface area (Å²) >= 11 is 0. The number of hydrogen-bond donors (Lipinski definition) is 1. The van der Waals surface area contributed by atoms with Crippen molar-refractivity contribution >= 4 is 5.91 Å². The molecule has 2 aromatic heterocycles. The minimum atomic E-state index is 0.114. The molecule has 0 saturated heterocycles. The molecule has 0 bridgehead atoms. The molecule has 134 valence electrons. The van der Waals surface area contributed by atoms with Crippen LogP contribution in [0.1, 0.15) is 43.6 Å². The van der Waals surface area contributed by atoms with Gasteiger partial charge in [-0.05, 0) is 43.0 Å². The lowest BCUT2D eigenvalue weighted by Crippen LogP contribution is -2.37. The second-order valence-electron chi connectivity index (χ2n) is 7.45. The van der Waals surface area contributed by atoms with E-state index in [0.717, 1.165) is 25.4 Å². The van der Waals surface area contributed by atoms with Crippen molar-refractivity contribution < 1.29 is 9.21 Å². The van der Waals surface area contributed by atoms with Gasteiger partial charge in [0.15, 0.2) is 0 Å². The van der Waals surface area contributed by atoms with Gasteiger partial charge in [-0.25, -0.2) is 0 Å². The van der Waals surface area contributed by atoms with E-state index < -0.39 is 0 Å². The van der Waals surface area contributed by atoms with E-state index >= 15 is 0 Å². The predicted octanol–water partition coefficient (Wildman–Crippen LogP) is 3.16. The Kier molecular flexibility index (Phi) is 4.92. The fourth-order valence-corrected chi connectivity index (χ4v) is 4.32. The van der Waals surface area contributed by atoms with E-state index in [0.29, 0.717) is 24.9 Å². The smallest absolute Gasteiger partial charge is 0.220 e. The van der Waals surface area contributed by atoms with Crippen molar-refractivity contribution in [2.24, 2.45) is 5.92 Å². The summed E-state index contributed by atoms with van der Waals surface area (Å²) in [6, 6.07) is 8.78. The van der Waals surface area contributed by atoms with E-state index in [4.69, 9.17) is 4.42 Å². The minimum Gasteiger partial charge on any atom is -0.467 e. The fourth-order valence-electron chi connectivity index (χ4n) is 4.32. The zero-order chi connectivity index (χ0) is 17.1. The monoisotopic (exact) mass is 341 g/mol. The van der Waals surface area contributed by atoms with Gasteiger partial charge in [0.2, 0.25) is 5.91 Å². The molecule has 3 heterocycles. The maximum absolute atomic E-state index is 12.4. The van der Waals surface area contributed by atoms with E-state index in [9.17, 15) is 4.79 Å². The molecule has 0 unspecified atom stereocenters. The highest BCUT2D eigenvalue weighted by atomic mass is 16.3. The number of amides is 1. The van der Waals surface area contributed by atoms with Crippen LogP contribution < -0.4 is 5.32 Å². The average Bonchev–Trinajstić information content (AvgIpc) is 3.35. The number of furan rings is 1. The highest BCUT2D eigenvalue weighted by molar-refractivity contribution is 5.76. The third kappa shape index (κ3) is 3.98. The first kappa shape index (κ1) is 16.5. The second-order valence-corrected chi connectivity index (χ2v) is 7.45. The van der Waals surface area contributed by atoms with Gasteiger partial charge in [0, 0.05) is 44.0 Å². The molecule has 1 fully saturated rings. The first-order chi connectivity index (χ1) is 12.3. The summed E-state index contributed by atoms with van der Waals surface area (Å²) in [6.07, 6.45) is 9.66. The minimum absolute atomic E-state index is 0.114. The Hall–Kier alpha value is -2.01. The van der Waals surface area contributed by atoms with Crippen molar-refractivity contribution in [3.05, 3.63) is 48.2 Å². The van der Waals surface area contributed by atoms with Crippen LogP contribution in [-0.2, 0) is 24.4 Å². The molecular weight excluding hydrogens is 314 g/mol. The van der Waals surface area contributed by atoms with Crippen molar-refractivity contribution in [3.63, 3.8) is 0 Å². The van der Waals surface area contributed by atoms with Crippen LogP contribution in [0, 0.1) is 5.92 Å². The first-order valence-electron chi connectivity index (χ1n) is 9.45. The lowest BCUT2D eigenvalue weighted by Gasteiger charge is -2.29. The second kappa shape index (κ2) is 7.48. The molecule has 0 spiro atoms. The molecule has 5 nitrogen and oxygen atoms in total. The summed E-state index contributed by atoms with van der Waals surface area (Å²) < 4.78 is 7.62. The number of hydrogen-bond acceptors (Lipinski definition) is 3. The molecule has 25 heavy (non-hydrogen) atoms.